The lowest BCUT2D eigenvalue weighted by molar-refractivity contribution is 0.281. The fraction of sp³-hybridized carbons (Fsp3) is 0.600. The van der Waals surface area contributed by atoms with Crippen molar-refractivity contribution in [3.05, 3.63) is 33.3 Å². The Morgan fingerprint density at radius 3 is 2.67 bits per heavy atom. The molecule has 1 N–H and O–H groups in total. The lowest BCUT2D eigenvalue weighted by Gasteiger charge is -2.26. The van der Waals surface area contributed by atoms with Gasteiger partial charge in [0.25, 0.3) is 0 Å². The van der Waals surface area contributed by atoms with E-state index < -0.39 is 0 Å². The van der Waals surface area contributed by atoms with Gasteiger partial charge in [0.15, 0.2) is 0 Å². The van der Waals surface area contributed by atoms with E-state index in [4.69, 9.17) is 11.6 Å². The van der Waals surface area contributed by atoms with Crippen molar-refractivity contribution >= 4 is 27.5 Å². The summed E-state index contributed by atoms with van der Waals surface area (Å²) >= 11 is 9.63. The summed E-state index contributed by atoms with van der Waals surface area (Å²) in [7, 11) is 0. The summed E-state index contributed by atoms with van der Waals surface area (Å²) in [6.45, 7) is 4.36. The zero-order chi connectivity index (χ0) is 13.0. The van der Waals surface area contributed by atoms with E-state index >= 15 is 0 Å². The summed E-state index contributed by atoms with van der Waals surface area (Å²) < 4.78 is 1.04. The second-order valence-corrected chi connectivity index (χ2v) is 6.82. The van der Waals surface area contributed by atoms with Crippen LogP contribution in [0.1, 0.15) is 38.2 Å². The van der Waals surface area contributed by atoms with E-state index in [2.05, 4.69) is 34.2 Å². The molecule has 0 amide bonds. The second kappa shape index (κ2) is 6.93. The van der Waals surface area contributed by atoms with Crippen molar-refractivity contribution in [1.82, 2.24) is 5.32 Å². The van der Waals surface area contributed by atoms with Crippen LogP contribution >= 0.6 is 27.5 Å². The van der Waals surface area contributed by atoms with Crippen molar-refractivity contribution in [2.24, 2.45) is 11.8 Å². The van der Waals surface area contributed by atoms with Crippen molar-refractivity contribution in [2.75, 3.05) is 6.54 Å². The summed E-state index contributed by atoms with van der Waals surface area (Å²) in [5.41, 5.74) is 1.18. The molecule has 0 atom stereocenters. The van der Waals surface area contributed by atoms with Crippen LogP contribution in [0.25, 0.3) is 0 Å². The van der Waals surface area contributed by atoms with E-state index in [1.165, 1.54) is 31.2 Å². The second-order valence-electron chi connectivity index (χ2n) is 5.49. The first-order valence-corrected chi connectivity index (χ1v) is 7.97. The Hall–Kier alpha value is -0.0500. The van der Waals surface area contributed by atoms with Crippen LogP contribution in [0, 0.1) is 11.8 Å². The molecule has 1 fully saturated rings. The lowest BCUT2D eigenvalue weighted by atomic mass is 9.83. The fourth-order valence-electron chi connectivity index (χ4n) is 2.61. The minimum Gasteiger partial charge on any atom is -0.312 e. The van der Waals surface area contributed by atoms with Crippen molar-refractivity contribution in [3.63, 3.8) is 0 Å². The minimum absolute atomic E-state index is 0.842. The molecule has 0 aromatic heterocycles. The Morgan fingerprint density at radius 2 is 2.00 bits per heavy atom. The SMILES string of the molecule is CC1CCC(CNCc2ccc(Br)cc2Cl)CC1. The molecule has 3 heteroatoms. The summed E-state index contributed by atoms with van der Waals surface area (Å²) in [5.74, 6) is 1.79. The van der Waals surface area contributed by atoms with Crippen LogP contribution in [0.3, 0.4) is 0 Å². The number of hydrogen-bond donors (Lipinski definition) is 1. The third kappa shape index (κ3) is 4.25. The molecular weight excluding hydrogens is 310 g/mol. The maximum Gasteiger partial charge on any atom is 0.0462 e. The molecule has 1 aliphatic carbocycles. The molecule has 1 saturated carbocycles. The lowest BCUT2D eigenvalue weighted by Crippen LogP contribution is -2.25. The van der Waals surface area contributed by atoms with Gasteiger partial charge in [-0.3, -0.25) is 0 Å². The van der Waals surface area contributed by atoms with Gasteiger partial charge in [0.1, 0.15) is 0 Å². The van der Waals surface area contributed by atoms with Crippen molar-refractivity contribution in [2.45, 2.75) is 39.2 Å². The summed E-state index contributed by atoms with van der Waals surface area (Å²) in [6, 6.07) is 6.09. The first kappa shape index (κ1) is 14.4. The van der Waals surface area contributed by atoms with Gasteiger partial charge in [0, 0.05) is 16.0 Å². The van der Waals surface area contributed by atoms with Gasteiger partial charge in [0.2, 0.25) is 0 Å². The molecule has 1 aliphatic rings. The number of nitrogens with one attached hydrogen (secondary N) is 1. The monoisotopic (exact) mass is 329 g/mol. The predicted molar refractivity (Wildman–Crippen MR) is 82.0 cm³/mol. The Morgan fingerprint density at radius 1 is 1.28 bits per heavy atom. The van der Waals surface area contributed by atoms with Crippen LogP contribution in [0.15, 0.2) is 22.7 Å². The minimum atomic E-state index is 0.842. The predicted octanol–water partition coefficient (Wildman–Crippen LogP) is 5.02. The van der Waals surface area contributed by atoms with Gasteiger partial charge in [-0.2, -0.15) is 0 Å². The molecule has 1 aromatic carbocycles. The first-order chi connectivity index (χ1) is 8.65. The molecule has 0 unspecified atom stereocenters. The van der Waals surface area contributed by atoms with Gasteiger partial charge < -0.3 is 5.32 Å². The fourth-order valence-corrected chi connectivity index (χ4v) is 3.35. The largest absolute Gasteiger partial charge is 0.312 e. The molecule has 0 spiro atoms. The Kier molecular flexibility index (Phi) is 5.53. The van der Waals surface area contributed by atoms with Gasteiger partial charge in [-0.1, -0.05) is 53.4 Å². The van der Waals surface area contributed by atoms with Gasteiger partial charge in [-0.05, 0) is 48.9 Å². The molecule has 18 heavy (non-hydrogen) atoms. The van der Waals surface area contributed by atoms with E-state index in [0.29, 0.717) is 0 Å². The van der Waals surface area contributed by atoms with Crippen LogP contribution in [-0.4, -0.2) is 6.54 Å². The molecule has 0 aliphatic heterocycles. The number of benzene rings is 1. The van der Waals surface area contributed by atoms with E-state index in [0.717, 1.165) is 34.4 Å². The maximum atomic E-state index is 6.20. The summed E-state index contributed by atoms with van der Waals surface area (Å²) in [4.78, 5) is 0. The topological polar surface area (TPSA) is 12.0 Å². The van der Waals surface area contributed by atoms with Crippen LogP contribution in [0.4, 0.5) is 0 Å². The standard InChI is InChI=1S/C15H21BrClN/c1-11-2-4-12(5-3-11)9-18-10-13-6-7-14(16)8-15(13)17/h6-8,11-12,18H,2-5,9-10H2,1H3. The first-order valence-electron chi connectivity index (χ1n) is 6.80. The van der Waals surface area contributed by atoms with Gasteiger partial charge in [0.05, 0.1) is 0 Å². The van der Waals surface area contributed by atoms with Crippen molar-refractivity contribution < 1.29 is 0 Å². The smallest absolute Gasteiger partial charge is 0.0462 e. The highest BCUT2D eigenvalue weighted by atomic mass is 79.9. The average molecular weight is 331 g/mol. The Balaban J connectivity index is 1.75. The summed E-state index contributed by atoms with van der Waals surface area (Å²) in [5, 5.41) is 4.39. The molecule has 0 radical (unpaired) electrons. The zero-order valence-electron chi connectivity index (χ0n) is 10.9. The molecular formula is C15H21BrClN. The van der Waals surface area contributed by atoms with E-state index in [1.54, 1.807) is 0 Å². The van der Waals surface area contributed by atoms with Crippen LogP contribution in [0.5, 0.6) is 0 Å². The maximum absolute atomic E-state index is 6.20. The molecule has 1 nitrogen and oxygen atoms in total. The molecule has 1 aromatic rings. The molecule has 0 heterocycles. The highest BCUT2D eigenvalue weighted by molar-refractivity contribution is 9.10. The highest BCUT2D eigenvalue weighted by Crippen LogP contribution is 2.28. The van der Waals surface area contributed by atoms with Gasteiger partial charge in [-0.25, -0.2) is 0 Å². The van der Waals surface area contributed by atoms with Gasteiger partial charge >= 0.3 is 0 Å². The zero-order valence-corrected chi connectivity index (χ0v) is 13.2. The van der Waals surface area contributed by atoms with Crippen LogP contribution in [-0.2, 0) is 6.54 Å². The molecule has 100 valence electrons. The molecule has 0 saturated heterocycles. The van der Waals surface area contributed by atoms with E-state index in [-0.39, 0.29) is 0 Å². The number of halogens is 2. The quantitative estimate of drug-likeness (QED) is 0.817. The Bertz CT molecular complexity index is 386. The molecule has 0 bridgehead atoms. The van der Waals surface area contributed by atoms with Crippen LogP contribution in [0.2, 0.25) is 5.02 Å². The third-order valence-electron chi connectivity index (χ3n) is 3.90. The van der Waals surface area contributed by atoms with E-state index in [1.807, 2.05) is 12.1 Å². The molecule has 2 rings (SSSR count). The normalized spacial score (nSPS) is 24.2. The third-order valence-corrected chi connectivity index (χ3v) is 4.74. The van der Waals surface area contributed by atoms with Crippen molar-refractivity contribution in [1.29, 1.82) is 0 Å². The number of hydrogen-bond acceptors (Lipinski definition) is 1. The average Bonchev–Trinajstić information content (AvgIpc) is 2.34. The van der Waals surface area contributed by atoms with E-state index in [9.17, 15) is 0 Å². The summed E-state index contributed by atoms with van der Waals surface area (Å²) in [6.07, 6.45) is 5.54. The Labute approximate surface area is 123 Å². The van der Waals surface area contributed by atoms with Crippen LogP contribution < -0.4 is 5.32 Å². The highest BCUT2D eigenvalue weighted by Gasteiger charge is 2.17. The van der Waals surface area contributed by atoms with Gasteiger partial charge in [-0.15, -0.1) is 0 Å². The van der Waals surface area contributed by atoms with Crippen molar-refractivity contribution in [3.8, 4) is 0 Å². The number of rotatable bonds is 4.